The van der Waals surface area contributed by atoms with Gasteiger partial charge in [-0.2, -0.15) is 0 Å². The van der Waals surface area contributed by atoms with E-state index in [4.69, 9.17) is 0 Å². The van der Waals surface area contributed by atoms with Crippen molar-refractivity contribution in [3.8, 4) is 22.3 Å². The standard InChI is InChI=1S/C76H51N3/c1-7-24-55(25-8-1)77(56-26-9-2-10-27-56)70-48-69-74(68-47-66-53(43-50-23-19-20-36-61(50)66)46-67(68)75(69)63-38-22-21-37-62(63)70)54-44-51-39-41-64-71(78(57-28-11-3-12-29-57)58-30-13-4-14-31-58)49-72(65-42-40-52(45-54)73(51)76(64)65)79(59-32-15-5-16-33-59)60-34-17-6-18-35-60/h1-42,44-49,74H,43H2. The van der Waals surface area contributed by atoms with Crippen LogP contribution in [0.2, 0.25) is 0 Å². The fourth-order valence-electron chi connectivity index (χ4n) is 13.5. The van der Waals surface area contributed by atoms with E-state index in [-0.39, 0.29) is 5.92 Å². The molecule has 2 aliphatic carbocycles. The van der Waals surface area contributed by atoms with Crippen molar-refractivity contribution in [2.24, 2.45) is 0 Å². The van der Waals surface area contributed by atoms with Gasteiger partial charge in [0.2, 0.25) is 0 Å². The number of rotatable bonds is 10. The average molecular weight is 1010 g/mol. The van der Waals surface area contributed by atoms with E-state index in [1.807, 2.05) is 0 Å². The lowest BCUT2D eigenvalue weighted by atomic mass is 9.83. The van der Waals surface area contributed by atoms with Crippen LogP contribution in [-0.4, -0.2) is 0 Å². The molecule has 370 valence electrons. The summed E-state index contributed by atoms with van der Waals surface area (Å²) in [6, 6.07) is 108. The van der Waals surface area contributed by atoms with E-state index in [0.717, 1.165) is 51.9 Å². The maximum absolute atomic E-state index is 2.56. The monoisotopic (exact) mass is 1010 g/mol. The topological polar surface area (TPSA) is 9.72 Å². The first-order chi connectivity index (χ1) is 39.2. The summed E-state index contributed by atoms with van der Waals surface area (Å²) in [5.74, 6) is -0.0499. The van der Waals surface area contributed by atoms with Gasteiger partial charge >= 0.3 is 0 Å². The van der Waals surface area contributed by atoms with Crippen molar-refractivity contribution in [2.45, 2.75) is 12.3 Å². The van der Waals surface area contributed by atoms with Gasteiger partial charge in [0.05, 0.1) is 17.1 Å². The summed E-state index contributed by atoms with van der Waals surface area (Å²) in [6.45, 7) is 0. The van der Waals surface area contributed by atoms with Crippen molar-refractivity contribution in [1.29, 1.82) is 0 Å². The Morgan fingerprint density at radius 3 is 1.16 bits per heavy atom. The van der Waals surface area contributed by atoms with Crippen molar-refractivity contribution < 1.29 is 0 Å². The summed E-state index contributed by atoms with van der Waals surface area (Å²) >= 11 is 0. The quantitative estimate of drug-likeness (QED) is 0.126. The fraction of sp³-hybridized carbons (Fsp3) is 0.0263. The molecule has 0 bridgehead atoms. The first-order valence-electron chi connectivity index (χ1n) is 27.5. The Balaban J connectivity index is 0.980. The maximum atomic E-state index is 2.56. The van der Waals surface area contributed by atoms with Crippen molar-refractivity contribution in [3.63, 3.8) is 0 Å². The van der Waals surface area contributed by atoms with Crippen LogP contribution in [0, 0.1) is 0 Å². The molecule has 16 rings (SSSR count). The molecule has 79 heavy (non-hydrogen) atoms. The number of fused-ring (bicyclic) bond motifs is 8. The smallest absolute Gasteiger partial charge is 0.0561 e. The largest absolute Gasteiger partial charge is 0.310 e. The summed E-state index contributed by atoms with van der Waals surface area (Å²) in [7, 11) is 0. The van der Waals surface area contributed by atoms with Crippen molar-refractivity contribution >= 4 is 94.3 Å². The fourth-order valence-corrected chi connectivity index (χ4v) is 13.5. The molecule has 0 aliphatic heterocycles. The van der Waals surface area contributed by atoms with Crippen LogP contribution in [0.4, 0.5) is 51.2 Å². The van der Waals surface area contributed by atoms with Gasteiger partial charge in [0, 0.05) is 61.6 Å². The molecule has 0 fully saturated rings. The van der Waals surface area contributed by atoms with Gasteiger partial charge in [-0.3, -0.25) is 0 Å². The first-order valence-corrected chi connectivity index (χ1v) is 27.5. The number of hydrogen-bond acceptors (Lipinski definition) is 3. The second-order valence-corrected chi connectivity index (χ2v) is 21.1. The highest BCUT2D eigenvalue weighted by atomic mass is 15.2. The Morgan fingerprint density at radius 2 is 0.684 bits per heavy atom. The van der Waals surface area contributed by atoms with Crippen LogP contribution < -0.4 is 14.7 Å². The molecular weight excluding hydrogens is 955 g/mol. The van der Waals surface area contributed by atoms with Gasteiger partial charge in [-0.05, 0) is 175 Å². The third-order valence-corrected chi connectivity index (χ3v) is 16.7. The zero-order valence-corrected chi connectivity index (χ0v) is 43.3. The lowest BCUT2D eigenvalue weighted by Crippen LogP contribution is -2.14. The Morgan fingerprint density at radius 1 is 0.266 bits per heavy atom. The van der Waals surface area contributed by atoms with Crippen LogP contribution in [0.25, 0.3) is 65.3 Å². The Kier molecular flexibility index (Phi) is 10.4. The highest BCUT2D eigenvalue weighted by molar-refractivity contribution is 6.29. The third kappa shape index (κ3) is 7.20. The molecule has 0 heterocycles. The summed E-state index contributed by atoms with van der Waals surface area (Å²) in [5, 5.41) is 9.86. The summed E-state index contributed by atoms with van der Waals surface area (Å²) in [5.41, 5.74) is 22.2. The Hall–Kier alpha value is -10.2. The van der Waals surface area contributed by atoms with Crippen LogP contribution in [0.1, 0.15) is 33.7 Å². The van der Waals surface area contributed by atoms with Gasteiger partial charge in [0.25, 0.3) is 0 Å². The van der Waals surface area contributed by atoms with Gasteiger partial charge in [0.1, 0.15) is 0 Å². The lowest BCUT2D eigenvalue weighted by Gasteiger charge is -2.32. The van der Waals surface area contributed by atoms with Gasteiger partial charge in [0.15, 0.2) is 0 Å². The second kappa shape index (κ2) is 18.2. The zero-order valence-electron chi connectivity index (χ0n) is 43.3. The minimum atomic E-state index is -0.0499. The van der Waals surface area contributed by atoms with E-state index >= 15 is 0 Å². The molecule has 0 saturated carbocycles. The number of anilines is 9. The maximum Gasteiger partial charge on any atom is 0.0561 e. The molecule has 14 aromatic carbocycles. The molecule has 3 nitrogen and oxygen atoms in total. The normalized spacial score (nSPS) is 13.1. The molecule has 1 atom stereocenters. The van der Waals surface area contributed by atoms with Gasteiger partial charge < -0.3 is 14.7 Å². The number of nitrogens with zero attached hydrogens (tertiary/aromatic N) is 3. The van der Waals surface area contributed by atoms with E-state index in [2.05, 4.69) is 306 Å². The van der Waals surface area contributed by atoms with Crippen LogP contribution in [0.5, 0.6) is 0 Å². The van der Waals surface area contributed by atoms with E-state index in [1.165, 1.54) is 98.8 Å². The third-order valence-electron chi connectivity index (χ3n) is 16.7. The number of para-hydroxylation sites is 6. The minimum Gasteiger partial charge on any atom is -0.310 e. The van der Waals surface area contributed by atoms with Gasteiger partial charge in [-0.15, -0.1) is 0 Å². The lowest BCUT2D eigenvalue weighted by molar-refractivity contribution is 1.02. The van der Waals surface area contributed by atoms with Crippen LogP contribution >= 0.6 is 0 Å². The highest BCUT2D eigenvalue weighted by Gasteiger charge is 2.36. The molecule has 0 N–H and O–H groups in total. The molecule has 0 saturated heterocycles. The Labute approximate surface area is 460 Å². The predicted molar refractivity (Wildman–Crippen MR) is 333 cm³/mol. The van der Waals surface area contributed by atoms with Crippen molar-refractivity contribution in [1.82, 2.24) is 0 Å². The van der Waals surface area contributed by atoms with E-state index < -0.39 is 0 Å². The predicted octanol–water partition coefficient (Wildman–Crippen LogP) is 20.9. The molecule has 0 amide bonds. The zero-order chi connectivity index (χ0) is 52.0. The molecule has 0 aromatic heterocycles. The number of hydrogen-bond donors (Lipinski definition) is 0. The molecule has 3 heteroatoms. The van der Waals surface area contributed by atoms with Crippen molar-refractivity contribution in [2.75, 3.05) is 14.7 Å². The van der Waals surface area contributed by atoms with Crippen LogP contribution in [0.3, 0.4) is 0 Å². The second-order valence-electron chi connectivity index (χ2n) is 21.1. The molecular formula is C76H51N3. The first kappa shape index (κ1) is 45.0. The number of benzene rings is 14. The molecule has 2 aliphatic rings. The van der Waals surface area contributed by atoms with Crippen LogP contribution in [0.15, 0.2) is 291 Å². The molecule has 1 unspecified atom stereocenters. The Bertz CT molecular complexity index is 4350. The molecule has 14 aromatic rings. The average Bonchev–Trinajstić information content (AvgIpc) is 3.80. The highest BCUT2D eigenvalue weighted by Crippen LogP contribution is 2.58. The van der Waals surface area contributed by atoms with Gasteiger partial charge in [-0.25, -0.2) is 0 Å². The van der Waals surface area contributed by atoms with Crippen molar-refractivity contribution in [3.05, 3.63) is 319 Å². The SMILES string of the molecule is c1ccc(N(c2ccccc2)c2cc3c(c4ccccc24)-c2cc4c(cc2C3c2cc3ccc5c(N(c6ccccc6)c6ccccc6)cc(N(c6ccccc6)c6ccccc6)c6ccc(c2)c3c56)-c2ccccc2C4)cc1. The molecule has 0 spiro atoms. The minimum absolute atomic E-state index is 0.0499. The van der Waals surface area contributed by atoms with Crippen LogP contribution in [-0.2, 0) is 6.42 Å². The van der Waals surface area contributed by atoms with E-state index in [1.54, 1.807) is 0 Å². The summed E-state index contributed by atoms with van der Waals surface area (Å²) in [6.07, 6.45) is 0.937. The van der Waals surface area contributed by atoms with E-state index in [9.17, 15) is 0 Å². The van der Waals surface area contributed by atoms with Gasteiger partial charge in [-0.1, -0.05) is 194 Å². The summed E-state index contributed by atoms with van der Waals surface area (Å²) < 4.78 is 0. The molecule has 0 radical (unpaired) electrons. The van der Waals surface area contributed by atoms with E-state index in [0.29, 0.717) is 0 Å². The summed E-state index contributed by atoms with van der Waals surface area (Å²) in [4.78, 5) is 7.33.